The van der Waals surface area contributed by atoms with Crippen LogP contribution >= 0.6 is 0 Å². The fourth-order valence-corrected chi connectivity index (χ4v) is 3.49. The van der Waals surface area contributed by atoms with Crippen LogP contribution in [-0.4, -0.2) is 43.3 Å². The number of para-hydroxylation sites is 2. The van der Waals surface area contributed by atoms with Gasteiger partial charge in [0.1, 0.15) is 5.75 Å². The number of carbonyl (C=O) groups excluding carboxylic acids is 4. The summed E-state index contributed by atoms with van der Waals surface area (Å²) in [5.41, 5.74) is 2.42. The highest BCUT2D eigenvalue weighted by Gasteiger charge is 2.28. The predicted molar refractivity (Wildman–Crippen MR) is 108 cm³/mol. The Morgan fingerprint density at radius 3 is 2.83 bits per heavy atom. The molecule has 2 aliphatic rings. The van der Waals surface area contributed by atoms with Crippen molar-refractivity contribution >= 4 is 34.9 Å². The van der Waals surface area contributed by atoms with Gasteiger partial charge in [-0.25, -0.2) is 0 Å². The highest BCUT2D eigenvalue weighted by molar-refractivity contribution is 6.05. The lowest BCUT2D eigenvalue weighted by molar-refractivity contribution is -0.142. The van der Waals surface area contributed by atoms with E-state index in [0.29, 0.717) is 22.7 Å². The smallest absolute Gasteiger partial charge is 0.308 e. The SMILES string of the molecule is C[C@H]1C(=O)Nc2ccc(C(=O)COC(=O)CCN3C(=O)COc4ccccc43)cc21. The van der Waals surface area contributed by atoms with Crippen molar-refractivity contribution in [1.29, 1.82) is 0 Å². The molecule has 2 amide bonds. The van der Waals surface area contributed by atoms with Gasteiger partial charge in [0.25, 0.3) is 5.91 Å². The van der Waals surface area contributed by atoms with E-state index in [1.807, 2.05) is 0 Å². The third kappa shape index (κ3) is 3.76. The normalized spacial score (nSPS) is 17.0. The summed E-state index contributed by atoms with van der Waals surface area (Å²) in [5, 5.41) is 2.75. The molecule has 1 atom stereocenters. The first-order valence-corrected chi connectivity index (χ1v) is 9.60. The number of Topliss-reactive ketones (excluding diaryl/α,β-unsaturated/α-hetero) is 1. The molecule has 30 heavy (non-hydrogen) atoms. The maximum Gasteiger partial charge on any atom is 0.308 e. The lowest BCUT2D eigenvalue weighted by Crippen LogP contribution is -2.40. The Bertz CT molecular complexity index is 1050. The fraction of sp³-hybridized carbons (Fsp3) is 0.273. The number of rotatable bonds is 6. The Hall–Kier alpha value is -3.68. The lowest BCUT2D eigenvalue weighted by Gasteiger charge is -2.28. The summed E-state index contributed by atoms with van der Waals surface area (Å²) in [7, 11) is 0. The molecule has 2 heterocycles. The van der Waals surface area contributed by atoms with E-state index in [9.17, 15) is 19.2 Å². The van der Waals surface area contributed by atoms with Gasteiger partial charge < -0.3 is 19.7 Å². The van der Waals surface area contributed by atoms with Gasteiger partial charge in [-0.15, -0.1) is 0 Å². The zero-order valence-electron chi connectivity index (χ0n) is 16.3. The van der Waals surface area contributed by atoms with Crippen LogP contribution in [0, 0.1) is 0 Å². The van der Waals surface area contributed by atoms with Crippen molar-refractivity contribution in [2.45, 2.75) is 19.3 Å². The van der Waals surface area contributed by atoms with Gasteiger partial charge in [0.05, 0.1) is 18.0 Å². The van der Waals surface area contributed by atoms with Crippen LogP contribution in [0.1, 0.15) is 35.2 Å². The topological polar surface area (TPSA) is 102 Å². The number of ketones is 1. The van der Waals surface area contributed by atoms with Crippen LogP contribution in [0.5, 0.6) is 5.75 Å². The summed E-state index contributed by atoms with van der Waals surface area (Å²) in [6, 6.07) is 12.0. The second kappa shape index (κ2) is 7.98. The molecule has 0 spiro atoms. The molecular formula is C22H20N2O6. The minimum absolute atomic E-state index is 0.0486. The fourth-order valence-electron chi connectivity index (χ4n) is 3.49. The van der Waals surface area contributed by atoms with Crippen molar-refractivity contribution in [3.05, 3.63) is 53.6 Å². The molecule has 1 N–H and O–H groups in total. The quantitative estimate of drug-likeness (QED) is 0.581. The zero-order valence-corrected chi connectivity index (χ0v) is 16.3. The van der Waals surface area contributed by atoms with E-state index >= 15 is 0 Å². The van der Waals surface area contributed by atoms with Gasteiger partial charge >= 0.3 is 5.97 Å². The van der Waals surface area contributed by atoms with Crippen LogP contribution < -0.4 is 15.0 Å². The van der Waals surface area contributed by atoms with E-state index in [4.69, 9.17) is 9.47 Å². The second-order valence-electron chi connectivity index (χ2n) is 7.15. The third-order valence-corrected chi connectivity index (χ3v) is 5.20. The standard InChI is InChI=1S/C22H20N2O6/c1-13-15-10-14(6-7-16(15)23-22(13)28)18(25)11-30-21(27)8-9-24-17-4-2-3-5-19(17)29-12-20(24)26/h2-7,10,13H,8-9,11-12H2,1H3,(H,23,28)/t13-/m1/s1. The van der Waals surface area contributed by atoms with Crippen molar-refractivity contribution in [1.82, 2.24) is 0 Å². The Morgan fingerprint density at radius 2 is 2.00 bits per heavy atom. The lowest BCUT2D eigenvalue weighted by atomic mass is 9.99. The molecule has 0 aromatic heterocycles. The number of esters is 1. The van der Waals surface area contributed by atoms with Gasteiger partial charge in [-0.1, -0.05) is 12.1 Å². The number of hydrogen-bond acceptors (Lipinski definition) is 6. The van der Waals surface area contributed by atoms with E-state index in [0.717, 1.165) is 5.56 Å². The number of ether oxygens (including phenoxy) is 2. The van der Waals surface area contributed by atoms with Crippen LogP contribution in [0.15, 0.2) is 42.5 Å². The predicted octanol–water partition coefficient (Wildman–Crippen LogP) is 2.28. The second-order valence-corrected chi connectivity index (χ2v) is 7.15. The number of nitrogens with zero attached hydrogens (tertiary/aromatic N) is 1. The molecule has 2 aromatic rings. The van der Waals surface area contributed by atoms with E-state index in [-0.39, 0.29) is 43.1 Å². The molecule has 0 radical (unpaired) electrons. The van der Waals surface area contributed by atoms with Crippen molar-refractivity contribution in [2.75, 3.05) is 30.0 Å². The van der Waals surface area contributed by atoms with Gasteiger partial charge in [-0.05, 0) is 42.8 Å². The van der Waals surface area contributed by atoms with Crippen molar-refractivity contribution < 1.29 is 28.7 Å². The van der Waals surface area contributed by atoms with Crippen molar-refractivity contribution in [2.24, 2.45) is 0 Å². The maximum absolute atomic E-state index is 12.4. The molecule has 0 saturated heterocycles. The third-order valence-electron chi connectivity index (χ3n) is 5.20. The largest absolute Gasteiger partial charge is 0.482 e. The molecular weight excluding hydrogens is 388 g/mol. The number of hydrogen-bond donors (Lipinski definition) is 1. The van der Waals surface area contributed by atoms with E-state index in [1.54, 1.807) is 49.4 Å². The molecule has 2 aliphatic heterocycles. The van der Waals surface area contributed by atoms with Gasteiger partial charge in [0.15, 0.2) is 19.0 Å². The Morgan fingerprint density at radius 1 is 1.20 bits per heavy atom. The summed E-state index contributed by atoms with van der Waals surface area (Å²) in [4.78, 5) is 49.9. The molecule has 0 unspecified atom stereocenters. The van der Waals surface area contributed by atoms with Crippen molar-refractivity contribution in [3.8, 4) is 5.75 Å². The summed E-state index contributed by atoms with van der Waals surface area (Å²) < 4.78 is 10.5. The van der Waals surface area contributed by atoms with Crippen LogP contribution in [0.4, 0.5) is 11.4 Å². The Kier molecular flexibility index (Phi) is 5.22. The molecule has 0 aliphatic carbocycles. The van der Waals surface area contributed by atoms with Crippen LogP contribution in [0.3, 0.4) is 0 Å². The minimum Gasteiger partial charge on any atom is -0.482 e. The van der Waals surface area contributed by atoms with E-state index in [1.165, 1.54) is 4.90 Å². The van der Waals surface area contributed by atoms with Gasteiger partial charge in [0.2, 0.25) is 5.91 Å². The molecule has 8 nitrogen and oxygen atoms in total. The molecule has 0 bridgehead atoms. The molecule has 0 fully saturated rings. The first-order chi connectivity index (χ1) is 14.4. The summed E-state index contributed by atoms with van der Waals surface area (Å²) in [6.45, 7) is 1.41. The highest BCUT2D eigenvalue weighted by atomic mass is 16.5. The Labute approximate surface area is 172 Å². The van der Waals surface area contributed by atoms with Crippen LogP contribution in [0.2, 0.25) is 0 Å². The number of amides is 2. The molecule has 4 rings (SSSR count). The summed E-state index contributed by atoms with van der Waals surface area (Å²) >= 11 is 0. The zero-order chi connectivity index (χ0) is 21.3. The summed E-state index contributed by atoms with van der Waals surface area (Å²) in [5.74, 6) is -1.03. The molecule has 154 valence electrons. The first kappa shape index (κ1) is 19.6. The number of nitrogens with one attached hydrogen (secondary N) is 1. The molecule has 2 aromatic carbocycles. The first-order valence-electron chi connectivity index (χ1n) is 9.60. The van der Waals surface area contributed by atoms with Gasteiger partial charge in [0, 0.05) is 17.8 Å². The van der Waals surface area contributed by atoms with E-state index < -0.39 is 12.6 Å². The monoisotopic (exact) mass is 408 g/mol. The number of carbonyl (C=O) groups is 4. The van der Waals surface area contributed by atoms with Crippen LogP contribution in [0.25, 0.3) is 0 Å². The average Bonchev–Trinajstić information content (AvgIpc) is 3.04. The molecule has 8 heteroatoms. The number of benzene rings is 2. The number of fused-ring (bicyclic) bond motifs is 2. The highest BCUT2D eigenvalue weighted by Crippen LogP contribution is 2.33. The number of anilines is 2. The Balaban J connectivity index is 1.32. The van der Waals surface area contributed by atoms with Crippen molar-refractivity contribution in [3.63, 3.8) is 0 Å². The van der Waals surface area contributed by atoms with Gasteiger partial charge in [-0.2, -0.15) is 0 Å². The van der Waals surface area contributed by atoms with Crippen LogP contribution in [-0.2, 0) is 19.1 Å². The summed E-state index contributed by atoms with van der Waals surface area (Å²) in [6.07, 6.45) is -0.0486. The average molecular weight is 408 g/mol. The molecule has 0 saturated carbocycles. The van der Waals surface area contributed by atoms with E-state index in [2.05, 4.69) is 5.32 Å². The van der Waals surface area contributed by atoms with Gasteiger partial charge in [-0.3, -0.25) is 19.2 Å². The maximum atomic E-state index is 12.4. The minimum atomic E-state index is -0.577.